The van der Waals surface area contributed by atoms with E-state index in [0.717, 1.165) is 69.4 Å². The van der Waals surface area contributed by atoms with E-state index in [0.29, 0.717) is 42.8 Å². The molecule has 0 aromatic heterocycles. The Labute approximate surface area is 247 Å². The standard InChI is InChI=1S/C34H39N5O3/c40-31(39-27-11-6-12-28(39)23-37(22-27)21-25-7-2-1-3-8-25)24-36-17-15-35(16-18-36)19-20-38-33(41)29-13-4-9-26-10-5-14-30(32(26)29)34(38)42/h1-5,7-10,13-14,27-28H,6,11-12,15-24H2/t27-,28-/m0/s1. The zero-order valence-electron chi connectivity index (χ0n) is 24.2. The Balaban J connectivity index is 0.908. The van der Waals surface area contributed by atoms with Gasteiger partial charge < -0.3 is 4.90 Å². The van der Waals surface area contributed by atoms with Crippen LogP contribution in [0.4, 0.5) is 0 Å². The van der Waals surface area contributed by atoms with Gasteiger partial charge >= 0.3 is 0 Å². The van der Waals surface area contributed by atoms with Crippen LogP contribution in [0.2, 0.25) is 0 Å². The highest BCUT2D eigenvalue weighted by Gasteiger charge is 2.40. The first-order valence-electron chi connectivity index (χ1n) is 15.5. The first kappa shape index (κ1) is 27.3. The highest BCUT2D eigenvalue weighted by atomic mass is 16.2. The van der Waals surface area contributed by atoms with Crippen molar-refractivity contribution < 1.29 is 14.4 Å². The molecule has 0 saturated carbocycles. The third-order valence-electron chi connectivity index (χ3n) is 9.66. The average molecular weight is 566 g/mol. The van der Waals surface area contributed by atoms with E-state index in [1.165, 1.54) is 16.9 Å². The van der Waals surface area contributed by atoms with Crippen molar-refractivity contribution in [3.63, 3.8) is 0 Å². The summed E-state index contributed by atoms with van der Waals surface area (Å²) >= 11 is 0. The van der Waals surface area contributed by atoms with Crippen molar-refractivity contribution >= 4 is 28.5 Å². The van der Waals surface area contributed by atoms with Crippen molar-refractivity contribution in [3.8, 4) is 0 Å². The van der Waals surface area contributed by atoms with E-state index in [4.69, 9.17) is 0 Å². The molecule has 218 valence electrons. The summed E-state index contributed by atoms with van der Waals surface area (Å²) in [5, 5.41) is 1.70. The lowest BCUT2D eigenvalue weighted by Crippen LogP contribution is -2.64. The number of amides is 3. The minimum Gasteiger partial charge on any atom is -0.333 e. The Kier molecular flexibility index (Phi) is 7.52. The van der Waals surface area contributed by atoms with Crippen LogP contribution in [-0.2, 0) is 11.3 Å². The number of fused-ring (bicyclic) bond motifs is 2. The van der Waals surface area contributed by atoms with Crippen molar-refractivity contribution in [2.45, 2.75) is 37.9 Å². The molecule has 8 heteroatoms. The van der Waals surface area contributed by atoms with Crippen molar-refractivity contribution in [2.75, 3.05) is 58.9 Å². The normalized spacial score (nSPS) is 23.5. The maximum atomic E-state index is 13.6. The van der Waals surface area contributed by atoms with E-state index < -0.39 is 0 Å². The smallest absolute Gasteiger partial charge is 0.261 e. The fourth-order valence-electron chi connectivity index (χ4n) is 7.54. The monoisotopic (exact) mass is 565 g/mol. The molecule has 3 fully saturated rings. The number of hydrogen-bond donors (Lipinski definition) is 0. The van der Waals surface area contributed by atoms with Gasteiger partial charge in [-0.1, -0.05) is 54.6 Å². The van der Waals surface area contributed by atoms with Gasteiger partial charge in [-0.25, -0.2) is 0 Å². The topological polar surface area (TPSA) is 67.4 Å². The number of nitrogens with zero attached hydrogens (tertiary/aromatic N) is 5. The van der Waals surface area contributed by atoms with Gasteiger partial charge in [0.05, 0.1) is 6.54 Å². The SMILES string of the molecule is O=C1c2cccc3cccc(c23)C(=O)N1CCN1CCN(CC(=O)N2[C@H]3CCC[C@H]2CN(Cc2ccccc2)C3)CC1. The number of hydrogen-bond acceptors (Lipinski definition) is 6. The number of carbonyl (C=O) groups excluding carboxylic acids is 3. The molecular weight excluding hydrogens is 526 g/mol. The van der Waals surface area contributed by atoms with Crippen LogP contribution in [0.3, 0.4) is 0 Å². The highest BCUT2D eigenvalue weighted by Crippen LogP contribution is 2.31. The van der Waals surface area contributed by atoms with Gasteiger partial charge in [0.1, 0.15) is 0 Å². The van der Waals surface area contributed by atoms with Crippen LogP contribution in [0.25, 0.3) is 10.8 Å². The highest BCUT2D eigenvalue weighted by molar-refractivity contribution is 6.25. The van der Waals surface area contributed by atoms with Gasteiger partial charge in [-0.15, -0.1) is 0 Å². The van der Waals surface area contributed by atoms with Crippen LogP contribution < -0.4 is 0 Å². The van der Waals surface area contributed by atoms with Crippen LogP contribution in [0.15, 0.2) is 66.7 Å². The van der Waals surface area contributed by atoms with Crippen LogP contribution in [0.5, 0.6) is 0 Å². The zero-order chi connectivity index (χ0) is 28.6. The summed E-state index contributed by atoms with van der Waals surface area (Å²) in [6.45, 7) is 7.65. The summed E-state index contributed by atoms with van der Waals surface area (Å²) in [5.41, 5.74) is 2.55. The third kappa shape index (κ3) is 5.23. The van der Waals surface area contributed by atoms with Gasteiger partial charge in [-0.05, 0) is 42.3 Å². The lowest BCUT2D eigenvalue weighted by Gasteiger charge is -2.50. The number of likely N-dealkylation sites (tertiary alicyclic amines) is 1. The summed E-state index contributed by atoms with van der Waals surface area (Å²) in [7, 11) is 0. The quantitative estimate of drug-likeness (QED) is 0.410. The molecule has 2 bridgehead atoms. The first-order valence-corrected chi connectivity index (χ1v) is 15.5. The van der Waals surface area contributed by atoms with E-state index in [9.17, 15) is 14.4 Å². The Morgan fingerprint density at radius 2 is 1.31 bits per heavy atom. The molecule has 2 atom stereocenters. The molecule has 0 aliphatic carbocycles. The van der Waals surface area contributed by atoms with E-state index in [1.807, 2.05) is 36.4 Å². The fourth-order valence-corrected chi connectivity index (χ4v) is 7.54. The molecule has 0 radical (unpaired) electrons. The number of benzene rings is 3. The van der Waals surface area contributed by atoms with Gasteiger partial charge in [0, 0.05) is 87.5 Å². The number of piperazine rings is 2. The second-order valence-electron chi connectivity index (χ2n) is 12.3. The zero-order valence-corrected chi connectivity index (χ0v) is 24.2. The fraction of sp³-hybridized carbons (Fsp3) is 0.441. The molecule has 0 spiro atoms. The van der Waals surface area contributed by atoms with Crippen molar-refractivity contribution in [1.29, 1.82) is 0 Å². The summed E-state index contributed by atoms with van der Waals surface area (Å²) in [6.07, 6.45) is 3.39. The second kappa shape index (κ2) is 11.6. The van der Waals surface area contributed by atoms with Gasteiger partial charge in [-0.3, -0.25) is 34.0 Å². The average Bonchev–Trinajstić information content (AvgIpc) is 3.00. The third-order valence-corrected chi connectivity index (χ3v) is 9.66. The van der Waals surface area contributed by atoms with Crippen molar-refractivity contribution in [3.05, 3.63) is 83.4 Å². The van der Waals surface area contributed by atoms with Crippen LogP contribution >= 0.6 is 0 Å². The number of piperidine rings is 1. The number of imide groups is 1. The number of carbonyl (C=O) groups is 3. The molecule has 7 rings (SSSR count). The molecule has 4 aliphatic heterocycles. The second-order valence-corrected chi connectivity index (χ2v) is 12.3. The molecular formula is C34H39N5O3. The molecule has 3 amide bonds. The van der Waals surface area contributed by atoms with E-state index >= 15 is 0 Å². The molecule has 42 heavy (non-hydrogen) atoms. The Hall–Kier alpha value is -3.59. The van der Waals surface area contributed by atoms with Crippen LogP contribution in [0, 0.1) is 0 Å². The predicted molar refractivity (Wildman–Crippen MR) is 162 cm³/mol. The summed E-state index contributed by atoms with van der Waals surface area (Å²) < 4.78 is 0. The van der Waals surface area contributed by atoms with Crippen molar-refractivity contribution in [1.82, 2.24) is 24.5 Å². The number of rotatable bonds is 7. The maximum absolute atomic E-state index is 13.6. The minimum atomic E-state index is -0.206. The minimum absolute atomic E-state index is 0.206. The van der Waals surface area contributed by atoms with E-state index in [1.54, 1.807) is 0 Å². The molecule has 4 aliphatic rings. The molecule has 3 aromatic rings. The molecule has 0 unspecified atom stereocenters. The van der Waals surface area contributed by atoms with Gasteiger partial charge in [0.15, 0.2) is 0 Å². The van der Waals surface area contributed by atoms with E-state index in [2.05, 4.69) is 49.9 Å². The predicted octanol–water partition coefficient (Wildman–Crippen LogP) is 3.32. The summed E-state index contributed by atoms with van der Waals surface area (Å²) in [5.74, 6) is -0.138. The van der Waals surface area contributed by atoms with E-state index in [-0.39, 0.29) is 17.7 Å². The Morgan fingerprint density at radius 1 is 0.690 bits per heavy atom. The van der Waals surface area contributed by atoms with Crippen molar-refractivity contribution in [2.24, 2.45) is 0 Å². The van der Waals surface area contributed by atoms with Crippen LogP contribution in [0.1, 0.15) is 45.5 Å². The summed E-state index contributed by atoms with van der Waals surface area (Å²) in [6, 6.07) is 22.6. The Morgan fingerprint density at radius 3 is 1.95 bits per heavy atom. The Bertz CT molecular complexity index is 1420. The molecule has 3 aromatic carbocycles. The maximum Gasteiger partial charge on any atom is 0.261 e. The molecule has 8 nitrogen and oxygen atoms in total. The lowest BCUT2D eigenvalue weighted by atomic mass is 9.90. The molecule has 4 heterocycles. The first-order chi connectivity index (χ1) is 20.5. The van der Waals surface area contributed by atoms with Gasteiger partial charge in [0.25, 0.3) is 11.8 Å². The van der Waals surface area contributed by atoms with Gasteiger partial charge in [-0.2, -0.15) is 0 Å². The van der Waals surface area contributed by atoms with Crippen LogP contribution in [-0.4, -0.2) is 113 Å². The largest absolute Gasteiger partial charge is 0.333 e. The van der Waals surface area contributed by atoms with Gasteiger partial charge in [0.2, 0.25) is 5.91 Å². The molecule has 3 saturated heterocycles. The summed E-state index contributed by atoms with van der Waals surface area (Å²) in [4.78, 5) is 50.8. The molecule has 0 N–H and O–H groups in total. The lowest BCUT2D eigenvalue weighted by molar-refractivity contribution is -0.145.